The predicted molar refractivity (Wildman–Crippen MR) is 118 cm³/mol. The molecule has 0 saturated heterocycles. The van der Waals surface area contributed by atoms with Gasteiger partial charge in [-0.1, -0.05) is 6.07 Å². The molecule has 0 aliphatic carbocycles. The number of carbonyl (C=O) groups excluding carboxylic acids is 1. The van der Waals surface area contributed by atoms with Gasteiger partial charge in [-0.2, -0.15) is 0 Å². The van der Waals surface area contributed by atoms with E-state index in [0.717, 1.165) is 15.7 Å². The average Bonchev–Trinajstić information content (AvgIpc) is 2.67. The summed E-state index contributed by atoms with van der Waals surface area (Å²) in [6.45, 7) is 1.52. The van der Waals surface area contributed by atoms with Gasteiger partial charge >= 0.3 is 0 Å². The molecule has 0 fully saturated rings. The van der Waals surface area contributed by atoms with Gasteiger partial charge in [0.1, 0.15) is 17.4 Å². The van der Waals surface area contributed by atoms with E-state index in [9.17, 15) is 18.7 Å². The van der Waals surface area contributed by atoms with Crippen molar-refractivity contribution in [1.82, 2.24) is 5.32 Å². The second-order valence-corrected chi connectivity index (χ2v) is 7.95. The number of hydrogen-bond acceptors (Lipinski definition) is 5. The Balaban J connectivity index is 2.11. The van der Waals surface area contributed by atoms with E-state index < -0.39 is 23.6 Å². The maximum absolute atomic E-state index is 14.2. The van der Waals surface area contributed by atoms with Crippen LogP contribution in [-0.2, 0) is 11.2 Å². The number of ether oxygens (including phenoxy) is 2. The molecule has 1 atom stereocenters. The molecule has 0 unspecified atom stereocenters. The van der Waals surface area contributed by atoms with Gasteiger partial charge in [0.05, 0.1) is 24.9 Å². The number of benzene rings is 2. The zero-order valence-corrected chi connectivity index (χ0v) is 18.7. The molecule has 2 aromatic carbocycles. The van der Waals surface area contributed by atoms with Crippen LogP contribution < -0.4 is 15.8 Å². The molecule has 0 aliphatic rings. The minimum atomic E-state index is -0.798. The number of aliphatic hydroxyl groups is 1. The maximum atomic E-state index is 14.2. The summed E-state index contributed by atoms with van der Waals surface area (Å²) < 4.78 is 39.6. The first kappa shape index (κ1) is 24.4. The van der Waals surface area contributed by atoms with Crippen LogP contribution in [0, 0.1) is 15.2 Å². The van der Waals surface area contributed by atoms with Crippen LogP contribution in [0.15, 0.2) is 30.3 Å². The van der Waals surface area contributed by atoms with Gasteiger partial charge < -0.3 is 25.6 Å². The van der Waals surface area contributed by atoms with Gasteiger partial charge in [0, 0.05) is 42.7 Å². The van der Waals surface area contributed by atoms with Crippen molar-refractivity contribution in [2.24, 2.45) is 5.73 Å². The standard InChI is InChI=1S/C21H25F2IN2O4/c1-29-7-5-26-12-17(27)4-6-30-19-10-15(22)9-14(20(19)21(25)28)8-13-2-3-16(24)11-18(13)23/h2-3,9-11,17,26-27H,4-8,12H2,1H3,(H2,25,28)/t17-/m1/s1. The molecule has 0 saturated carbocycles. The fourth-order valence-electron chi connectivity index (χ4n) is 2.89. The van der Waals surface area contributed by atoms with Crippen molar-refractivity contribution < 1.29 is 28.2 Å². The number of hydrogen-bond donors (Lipinski definition) is 3. The van der Waals surface area contributed by atoms with Crippen molar-refractivity contribution in [3.05, 3.63) is 62.2 Å². The fourth-order valence-corrected chi connectivity index (χ4v) is 3.34. The highest BCUT2D eigenvalue weighted by atomic mass is 127. The molecule has 0 aliphatic heterocycles. The summed E-state index contributed by atoms with van der Waals surface area (Å²) in [6.07, 6.45) is -0.440. The Bertz CT molecular complexity index is 867. The number of primary amides is 1. The van der Waals surface area contributed by atoms with Crippen LogP contribution in [-0.4, -0.2) is 50.5 Å². The van der Waals surface area contributed by atoms with Gasteiger partial charge in [-0.3, -0.25) is 4.79 Å². The zero-order chi connectivity index (χ0) is 22.1. The number of methoxy groups -OCH3 is 1. The van der Waals surface area contributed by atoms with Crippen molar-refractivity contribution in [3.8, 4) is 5.75 Å². The molecule has 2 rings (SSSR count). The van der Waals surface area contributed by atoms with Gasteiger partial charge in [0.2, 0.25) is 0 Å². The monoisotopic (exact) mass is 534 g/mol. The lowest BCUT2D eigenvalue weighted by Crippen LogP contribution is -2.30. The molecule has 9 heteroatoms. The van der Waals surface area contributed by atoms with Gasteiger partial charge in [-0.05, 0) is 51.9 Å². The van der Waals surface area contributed by atoms with Crippen molar-refractivity contribution in [2.45, 2.75) is 18.9 Å². The number of aliphatic hydroxyl groups excluding tert-OH is 1. The normalized spacial score (nSPS) is 12.0. The second kappa shape index (κ2) is 12.1. The van der Waals surface area contributed by atoms with Crippen LogP contribution >= 0.6 is 22.6 Å². The van der Waals surface area contributed by atoms with Crippen LogP contribution in [0.3, 0.4) is 0 Å². The van der Waals surface area contributed by atoms with Crippen molar-refractivity contribution in [2.75, 3.05) is 33.4 Å². The van der Waals surface area contributed by atoms with Crippen LogP contribution in [0.1, 0.15) is 27.9 Å². The highest BCUT2D eigenvalue weighted by molar-refractivity contribution is 14.1. The van der Waals surface area contributed by atoms with E-state index in [2.05, 4.69) is 5.32 Å². The lowest BCUT2D eigenvalue weighted by Gasteiger charge is -2.16. The number of nitrogens with one attached hydrogen (secondary N) is 1. The summed E-state index contributed by atoms with van der Waals surface area (Å²) in [6, 6.07) is 6.89. The molecule has 4 N–H and O–H groups in total. The van der Waals surface area contributed by atoms with Crippen LogP contribution in [0.4, 0.5) is 8.78 Å². The molecule has 1 amide bonds. The summed E-state index contributed by atoms with van der Waals surface area (Å²) in [7, 11) is 1.59. The van der Waals surface area contributed by atoms with Gasteiger partial charge in [0.15, 0.2) is 0 Å². The topological polar surface area (TPSA) is 93.8 Å². The van der Waals surface area contributed by atoms with Crippen molar-refractivity contribution in [3.63, 3.8) is 0 Å². The lowest BCUT2D eigenvalue weighted by atomic mass is 9.98. The third-order valence-corrected chi connectivity index (χ3v) is 5.03. The van der Waals surface area contributed by atoms with Crippen LogP contribution in [0.25, 0.3) is 0 Å². The molecular formula is C21H25F2IN2O4. The quantitative estimate of drug-likeness (QED) is 0.288. The Morgan fingerprint density at radius 3 is 2.67 bits per heavy atom. The number of nitrogens with two attached hydrogens (primary N) is 1. The SMILES string of the molecule is COCCNC[C@H](O)CCOc1cc(F)cc(Cc2ccc(I)cc2F)c1C(N)=O. The highest BCUT2D eigenvalue weighted by Gasteiger charge is 2.19. The first-order valence-electron chi connectivity index (χ1n) is 9.38. The Labute approximate surface area is 187 Å². The van der Waals surface area contributed by atoms with E-state index in [1.54, 1.807) is 19.2 Å². The fraction of sp³-hybridized carbons (Fsp3) is 0.381. The molecule has 6 nitrogen and oxygen atoms in total. The third kappa shape index (κ3) is 7.46. The van der Waals surface area contributed by atoms with Gasteiger partial charge in [-0.25, -0.2) is 8.78 Å². The summed E-state index contributed by atoms with van der Waals surface area (Å²) >= 11 is 1.99. The smallest absolute Gasteiger partial charge is 0.252 e. The zero-order valence-electron chi connectivity index (χ0n) is 16.6. The van der Waals surface area contributed by atoms with Crippen molar-refractivity contribution in [1.29, 1.82) is 0 Å². The predicted octanol–water partition coefficient (Wildman–Crippen LogP) is 2.62. The Hall–Kier alpha value is -1.82. The largest absolute Gasteiger partial charge is 0.493 e. The molecule has 0 heterocycles. The first-order chi connectivity index (χ1) is 14.3. The molecule has 0 bridgehead atoms. The number of halogens is 3. The Kier molecular flexibility index (Phi) is 9.89. The van der Waals surface area contributed by atoms with E-state index in [1.165, 1.54) is 6.07 Å². The molecule has 2 aromatic rings. The summed E-state index contributed by atoms with van der Waals surface area (Å²) in [5.74, 6) is -1.90. The molecular weight excluding hydrogens is 509 g/mol. The number of rotatable bonds is 12. The molecule has 0 spiro atoms. The second-order valence-electron chi connectivity index (χ2n) is 6.70. The summed E-state index contributed by atoms with van der Waals surface area (Å²) in [5, 5.41) is 13.0. The lowest BCUT2D eigenvalue weighted by molar-refractivity contribution is 0.0993. The summed E-state index contributed by atoms with van der Waals surface area (Å²) in [4.78, 5) is 12.0. The molecule has 0 radical (unpaired) electrons. The Morgan fingerprint density at radius 2 is 2.00 bits per heavy atom. The van der Waals surface area contributed by atoms with E-state index in [0.29, 0.717) is 25.3 Å². The molecule has 164 valence electrons. The minimum absolute atomic E-state index is 0.00191. The minimum Gasteiger partial charge on any atom is -0.493 e. The first-order valence-corrected chi connectivity index (χ1v) is 10.5. The van der Waals surface area contributed by atoms with E-state index in [4.69, 9.17) is 15.2 Å². The highest BCUT2D eigenvalue weighted by Crippen LogP contribution is 2.27. The summed E-state index contributed by atoms with van der Waals surface area (Å²) in [5.41, 5.74) is 6.05. The third-order valence-electron chi connectivity index (χ3n) is 4.36. The molecule has 0 aromatic heterocycles. The van der Waals surface area contributed by atoms with E-state index in [1.807, 2.05) is 22.6 Å². The van der Waals surface area contributed by atoms with Gasteiger partial charge in [0.25, 0.3) is 5.91 Å². The number of carbonyl (C=O) groups is 1. The van der Waals surface area contributed by atoms with Crippen LogP contribution in [0.2, 0.25) is 0 Å². The van der Waals surface area contributed by atoms with E-state index in [-0.39, 0.29) is 36.3 Å². The Morgan fingerprint density at radius 1 is 1.23 bits per heavy atom. The van der Waals surface area contributed by atoms with Crippen molar-refractivity contribution >= 4 is 28.5 Å². The van der Waals surface area contributed by atoms with Crippen LogP contribution in [0.5, 0.6) is 5.75 Å². The molecule has 30 heavy (non-hydrogen) atoms. The average molecular weight is 534 g/mol. The number of amides is 1. The maximum Gasteiger partial charge on any atom is 0.252 e. The van der Waals surface area contributed by atoms with E-state index >= 15 is 0 Å². The van der Waals surface area contributed by atoms with Gasteiger partial charge in [-0.15, -0.1) is 0 Å².